The summed E-state index contributed by atoms with van der Waals surface area (Å²) in [6.45, 7) is 3.61. The highest BCUT2D eigenvalue weighted by molar-refractivity contribution is 5.99. The van der Waals surface area contributed by atoms with Gasteiger partial charge in [-0.3, -0.25) is 10.6 Å². The number of aromatic nitrogens is 1. The smallest absolute Gasteiger partial charge is 0.254 e. The molecule has 1 aromatic heterocycles. The molecule has 1 atom stereocenters. The van der Waals surface area contributed by atoms with Gasteiger partial charge < -0.3 is 15.2 Å². The Morgan fingerprint density at radius 3 is 2.79 bits per heavy atom. The molecule has 6 heteroatoms. The van der Waals surface area contributed by atoms with Gasteiger partial charge in [-0.1, -0.05) is 12.1 Å². The van der Waals surface area contributed by atoms with Crippen LogP contribution in [0.3, 0.4) is 0 Å². The molecule has 0 fully saturated rings. The number of rotatable bonds is 4. The molecule has 0 saturated heterocycles. The van der Waals surface area contributed by atoms with Crippen molar-refractivity contribution < 1.29 is 9.21 Å². The maximum atomic E-state index is 12.1. The Bertz CT molecular complexity index is 580. The fraction of sp³-hybridized carbons (Fsp3) is 0.231. The molecule has 0 spiro atoms. The minimum Gasteiger partial charge on any atom is -0.444 e. The number of anilines is 1. The standard InChI is InChI=1S/C13H16N4O2/c1-8-7-15-13(19-8)9(2)16-12(18)10-5-3-4-6-11(10)17-14/h3-7,9,17H,14H2,1-2H3,(H,16,18). The number of para-hydroxylation sites is 1. The van der Waals surface area contributed by atoms with Crippen LogP contribution in [0.2, 0.25) is 0 Å². The molecule has 2 aromatic rings. The zero-order valence-corrected chi connectivity index (χ0v) is 10.8. The lowest BCUT2D eigenvalue weighted by Gasteiger charge is -2.12. The van der Waals surface area contributed by atoms with Crippen LogP contribution >= 0.6 is 0 Å². The summed E-state index contributed by atoms with van der Waals surface area (Å²) in [6.07, 6.45) is 1.62. The van der Waals surface area contributed by atoms with Gasteiger partial charge in [0.2, 0.25) is 5.89 Å². The van der Waals surface area contributed by atoms with Crippen LogP contribution in [0, 0.1) is 6.92 Å². The number of hydrazine groups is 1. The van der Waals surface area contributed by atoms with E-state index < -0.39 is 0 Å². The number of hydrogen-bond donors (Lipinski definition) is 3. The second-order valence-corrected chi connectivity index (χ2v) is 4.19. The fourth-order valence-electron chi connectivity index (χ4n) is 1.72. The average molecular weight is 260 g/mol. The molecule has 19 heavy (non-hydrogen) atoms. The first-order chi connectivity index (χ1) is 9.11. The van der Waals surface area contributed by atoms with E-state index in [0.717, 1.165) is 0 Å². The van der Waals surface area contributed by atoms with Crippen LogP contribution in [0.15, 0.2) is 34.9 Å². The molecule has 0 aliphatic rings. The molecule has 2 rings (SSSR count). The highest BCUT2D eigenvalue weighted by Gasteiger charge is 2.17. The third-order valence-electron chi connectivity index (χ3n) is 2.68. The van der Waals surface area contributed by atoms with Gasteiger partial charge in [0.15, 0.2) is 0 Å². The summed E-state index contributed by atoms with van der Waals surface area (Å²) in [5, 5.41) is 2.81. The van der Waals surface area contributed by atoms with Crippen LogP contribution in [-0.2, 0) is 0 Å². The van der Waals surface area contributed by atoms with E-state index in [1.54, 1.807) is 37.4 Å². The van der Waals surface area contributed by atoms with Crippen molar-refractivity contribution in [2.45, 2.75) is 19.9 Å². The SMILES string of the molecule is Cc1cnc(C(C)NC(=O)c2ccccc2NN)o1. The molecule has 6 nitrogen and oxygen atoms in total. The molecule has 0 aliphatic carbocycles. The molecule has 100 valence electrons. The Morgan fingerprint density at radius 2 is 2.16 bits per heavy atom. The van der Waals surface area contributed by atoms with Crippen molar-refractivity contribution in [1.29, 1.82) is 0 Å². The first-order valence-corrected chi connectivity index (χ1v) is 5.90. The van der Waals surface area contributed by atoms with Gasteiger partial charge in [-0.15, -0.1) is 0 Å². The van der Waals surface area contributed by atoms with Crippen LogP contribution in [0.1, 0.15) is 35.0 Å². The molecule has 1 unspecified atom stereocenters. The summed E-state index contributed by atoms with van der Waals surface area (Å²) in [6, 6.07) is 6.68. The first kappa shape index (κ1) is 13.1. The van der Waals surface area contributed by atoms with Gasteiger partial charge in [0.25, 0.3) is 5.91 Å². The second-order valence-electron chi connectivity index (χ2n) is 4.19. The number of carbonyl (C=O) groups is 1. The summed E-state index contributed by atoms with van der Waals surface area (Å²) in [5.41, 5.74) is 3.53. The number of carbonyl (C=O) groups excluding carboxylic acids is 1. The largest absolute Gasteiger partial charge is 0.444 e. The minimum atomic E-state index is -0.313. The maximum absolute atomic E-state index is 12.1. The van der Waals surface area contributed by atoms with Crippen LogP contribution in [0.25, 0.3) is 0 Å². The molecule has 0 radical (unpaired) electrons. The maximum Gasteiger partial charge on any atom is 0.254 e. The van der Waals surface area contributed by atoms with E-state index in [9.17, 15) is 4.79 Å². The van der Waals surface area contributed by atoms with Crippen LogP contribution in [-0.4, -0.2) is 10.9 Å². The lowest BCUT2D eigenvalue weighted by molar-refractivity contribution is 0.0934. The zero-order valence-electron chi connectivity index (χ0n) is 10.8. The molecule has 4 N–H and O–H groups in total. The van der Waals surface area contributed by atoms with E-state index in [4.69, 9.17) is 10.3 Å². The van der Waals surface area contributed by atoms with Crippen molar-refractivity contribution in [3.63, 3.8) is 0 Å². The van der Waals surface area contributed by atoms with E-state index in [1.807, 2.05) is 6.92 Å². The number of nitrogens with two attached hydrogens (primary N) is 1. The quantitative estimate of drug-likeness (QED) is 0.575. The van der Waals surface area contributed by atoms with Crippen molar-refractivity contribution in [2.24, 2.45) is 5.84 Å². The molecule has 1 aromatic carbocycles. The molecular weight excluding hydrogens is 244 g/mol. The third-order valence-corrected chi connectivity index (χ3v) is 2.68. The number of benzene rings is 1. The summed E-state index contributed by atoms with van der Waals surface area (Å²) >= 11 is 0. The van der Waals surface area contributed by atoms with Gasteiger partial charge in [0.05, 0.1) is 17.4 Å². The van der Waals surface area contributed by atoms with Gasteiger partial charge in [-0.25, -0.2) is 4.98 Å². The van der Waals surface area contributed by atoms with Crippen molar-refractivity contribution in [2.75, 3.05) is 5.43 Å². The molecule has 0 aliphatic heterocycles. The monoisotopic (exact) mass is 260 g/mol. The Morgan fingerprint density at radius 1 is 1.42 bits per heavy atom. The van der Waals surface area contributed by atoms with Crippen molar-refractivity contribution in [3.05, 3.63) is 47.7 Å². The van der Waals surface area contributed by atoms with Crippen LogP contribution in [0.5, 0.6) is 0 Å². The number of oxazole rings is 1. The van der Waals surface area contributed by atoms with E-state index in [2.05, 4.69) is 15.7 Å². The van der Waals surface area contributed by atoms with Gasteiger partial charge in [0.1, 0.15) is 11.8 Å². The number of nitrogens with one attached hydrogen (secondary N) is 2. The van der Waals surface area contributed by atoms with Gasteiger partial charge >= 0.3 is 0 Å². The molecule has 0 saturated carbocycles. The Kier molecular flexibility index (Phi) is 3.82. The number of nitrogen functional groups attached to an aromatic ring is 1. The average Bonchev–Trinajstić information content (AvgIpc) is 2.85. The first-order valence-electron chi connectivity index (χ1n) is 5.90. The lowest BCUT2D eigenvalue weighted by atomic mass is 10.1. The van der Waals surface area contributed by atoms with Crippen molar-refractivity contribution in [3.8, 4) is 0 Å². The summed E-state index contributed by atoms with van der Waals surface area (Å²) in [5.74, 6) is 6.32. The Labute approximate surface area is 111 Å². The zero-order chi connectivity index (χ0) is 13.8. The topological polar surface area (TPSA) is 93.2 Å². The highest BCUT2D eigenvalue weighted by Crippen LogP contribution is 2.16. The Hall–Kier alpha value is -2.34. The minimum absolute atomic E-state index is 0.239. The summed E-state index contributed by atoms with van der Waals surface area (Å²) < 4.78 is 5.37. The number of aryl methyl sites for hydroxylation is 1. The number of nitrogens with zero attached hydrogens (tertiary/aromatic N) is 1. The molecule has 1 amide bonds. The van der Waals surface area contributed by atoms with Gasteiger partial charge in [0, 0.05) is 0 Å². The lowest BCUT2D eigenvalue weighted by Crippen LogP contribution is -2.28. The van der Waals surface area contributed by atoms with Crippen LogP contribution in [0.4, 0.5) is 5.69 Å². The summed E-state index contributed by atoms with van der Waals surface area (Å²) in [7, 11) is 0. The number of amides is 1. The van der Waals surface area contributed by atoms with Gasteiger partial charge in [-0.2, -0.15) is 0 Å². The molecule has 1 heterocycles. The number of hydrogen-bond acceptors (Lipinski definition) is 5. The van der Waals surface area contributed by atoms with Crippen molar-refractivity contribution >= 4 is 11.6 Å². The third kappa shape index (κ3) is 2.92. The second kappa shape index (κ2) is 5.53. The fourth-order valence-corrected chi connectivity index (χ4v) is 1.72. The Balaban J connectivity index is 2.12. The van der Waals surface area contributed by atoms with E-state index in [0.29, 0.717) is 22.9 Å². The van der Waals surface area contributed by atoms with E-state index in [-0.39, 0.29) is 11.9 Å². The van der Waals surface area contributed by atoms with Crippen molar-refractivity contribution in [1.82, 2.24) is 10.3 Å². The van der Waals surface area contributed by atoms with Gasteiger partial charge in [-0.05, 0) is 26.0 Å². The molecular formula is C13H16N4O2. The summed E-state index contributed by atoms with van der Waals surface area (Å²) in [4.78, 5) is 16.2. The van der Waals surface area contributed by atoms with E-state index in [1.165, 1.54) is 0 Å². The normalized spacial score (nSPS) is 11.9. The van der Waals surface area contributed by atoms with Crippen LogP contribution < -0.4 is 16.6 Å². The predicted octanol–water partition coefficient (Wildman–Crippen LogP) is 1.76. The van der Waals surface area contributed by atoms with E-state index >= 15 is 0 Å². The predicted molar refractivity (Wildman–Crippen MR) is 71.4 cm³/mol. The highest BCUT2D eigenvalue weighted by atomic mass is 16.4. The molecule has 0 bridgehead atoms.